The Morgan fingerprint density at radius 3 is 2.71 bits per heavy atom. The Labute approximate surface area is 127 Å². The van der Waals surface area contributed by atoms with Crippen molar-refractivity contribution in [2.24, 2.45) is 0 Å². The van der Waals surface area contributed by atoms with Crippen LogP contribution in [0.2, 0.25) is 0 Å². The predicted molar refractivity (Wildman–Crippen MR) is 83.0 cm³/mol. The van der Waals surface area contributed by atoms with Crippen molar-refractivity contribution in [3.63, 3.8) is 0 Å². The molecule has 21 heavy (non-hydrogen) atoms. The van der Waals surface area contributed by atoms with E-state index >= 15 is 0 Å². The molecule has 1 aromatic carbocycles. The van der Waals surface area contributed by atoms with Crippen LogP contribution in [0, 0.1) is 0 Å². The zero-order valence-electron chi connectivity index (χ0n) is 13.2. The smallest absolute Gasteiger partial charge is 0.165 e. The Kier molecular flexibility index (Phi) is 8.82. The number of hydrogen-bond acceptors (Lipinski definition) is 5. The highest BCUT2D eigenvalue weighted by atomic mass is 16.5. The molecular formula is C16H27NO4. The third-order valence-corrected chi connectivity index (χ3v) is 2.96. The first-order chi connectivity index (χ1) is 10.2. The lowest BCUT2D eigenvalue weighted by Crippen LogP contribution is -2.24. The molecule has 0 fully saturated rings. The number of aliphatic hydroxyl groups is 1. The third kappa shape index (κ3) is 6.33. The van der Waals surface area contributed by atoms with Gasteiger partial charge < -0.3 is 24.6 Å². The molecule has 0 spiro atoms. The lowest BCUT2D eigenvalue weighted by molar-refractivity contribution is 0.0157. The third-order valence-electron chi connectivity index (χ3n) is 2.96. The normalized spacial score (nSPS) is 12.2. The minimum absolute atomic E-state index is 0.182. The molecule has 0 heterocycles. The Morgan fingerprint density at radius 2 is 2.05 bits per heavy atom. The van der Waals surface area contributed by atoms with Crippen LogP contribution in [0.3, 0.4) is 0 Å². The van der Waals surface area contributed by atoms with Crippen LogP contribution in [0.15, 0.2) is 18.2 Å². The molecule has 0 amide bonds. The van der Waals surface area contributed by atoms with Gasteiger partial charge in [0.2, 0.25) is 0 Å². The number of hydrogen-bond donors (Lipinski definition) is 2. The number of ether oxygens (including phenoxy) is 3. The molecule has 0 saturated heterocycles. The zero-order valence-corrected chi connectivity index (χ0v) is 13.2. The molecule has 1 aromatic rings. The quantitative estimate of drug-likeness (QED) is 0.612. The van der Waals surface area contributed by atoms with E-state index in [1.165, 1.54) is 0 Å². The predicted octanol–water partition coefficient (Wildman–Crippen LogP) is 1.97. The second kappa shape index (κ2) is 10.4. The molecule has 5 heteroatoms. The molecular weight excluding hydrogens is 270 g/mol. The molecule has 120 valence electrons. The van der Waals surface area contributed by atoms with Gasteiger partial charge in [-0.05, 0) is 26.0 Å². The van der Waals surface area contributed by atoms with Gasteiger partial charge in [-0.15, -0.1) is 0 Å². The fraction of sp³-hybridized carbons (Fsp3) is 0.625. The van der Waals surface area contributed by atoms with E-state index < -0.39 is 6.10 Å². The Balaban J connectivity index is 2.67. The monoisotopic (exact) mass is 297 g/mol. The van der Waals surface area contributed by atoms with Gasteiger partial charge in [-0.3, -0.25) is 0 Å². The fourth-order valence-corrected chi connectivity index (χ4v) is 1.91. The maximum atomic E-state index is 9.80. The number of rotatable bonds is 11. The van der Waals surface area contributed by atoms with Gasteiger partial charge in [-0.25, -0.2) is 0 Å². The lowest BCUT2D eigenvalue weighted by Gasteiger charge is -2.17. The number of benzene rings is 1. The van der Waals surface area contributed by atoms with Crippen molar-refractivity contribution < 1.29 is 19.3 Å². The first kappa shape index (κ1) is 17.8. The standard InChI is InChI=1S/C16H27NO4/c1-4-9-17-10-13-7-6-8-15(19-3)16(13)21-12-14(18)11-20-5-2/h6-8,14,17-18H,4-5,9-12H2,1-3H3. The van der Waals surface area contributed by atoms with E-state index in [0.717, 1.165) is 18.5 Å². The Bertz CT molecular complexity index is 398. The summed E-state index contributed by atoms with van der Waals surface area (Å²) in [5.41, 5.74) is 1.02. The SMILES string of the molecule is CCCNCc1cccc(OC)c1OCC(O)COCC. The topological polar surface area (TPSA) is 60.0 Å². The average Bonchev–Trinajstić information content (AvgIpc) is 2.51. The minimum atomic E-state index is -0.647. The van der Waals surface area contributed by atoms with Gasteiger partial charge in [0.1, 0.15) is 12.7 Å². The molecule has 0 aliphatic carbocycles. The number of nitrogens with one attached hydrogen (secondary N) is 1. The van der Waals surface area contributed by atoms with Crippen molar-refractivity contribution in [3.8, 4) is 11.5 Å². The summed E-state index contributed by atoms with van der Waals surface area (Å²) >= 11 is 0. The summed E-state index contributed by atoms with van der Waals surface area (Å²) in [6, 6.07) is 5.79. The van der Waals surface area contributed by atoms with Gasteiger partial charge in [0.05, 0.1) is 13.7 Å². The summed E-state index contributed by atoms with van der Waals surface area (Å²) in [7, 11) is 1.61. The van der Waals surface area contributed by atoms with E-state index in [1.54, 1.807) is 7.11 Å². The van der Waals surface area contributed by atoms with Crippen molar-refractivity contribution in [3.05, 3.63) is 23.8 Å². The maximum Gasteiger partial charge on any atom is 0.165 e. The van der Waals surface area contributed by atoms with Crippen molar-refractivity contribution >= 4 is 0 Å². The van der Waals surface area contributed by atoms with E-state index in [2.05, 4.69) is 12.2 Å². The molecule has 0 aromatic heterocycles. The van der Waals surface area contributed by atoms with Crippen LogP contribution in [0.5, 0.6) is 11.5 Å². The lowest BCUT2D eigenvalue weighted by atomic mass is 10.2. The second-order valence-electron chi connectivity index (χ2n) is 4.75. The fourth-order valence-electron chi connectivity index (χ4n) is 1.91. The molecule has 0 bridgehead atoms. The second-order valence-corrected chi connectivity index (χ2v) is 4.75. The van der Waals surface area contributed by atoms with E-state index in [1.807, 2.05) is 25.1 Å². The van der Waals surface area contributed by atoms with Crippen molar-refractivity contribution in [1.82, 2.24) is 5.32 Å². The number of aliphatic hydroxyl groups excluding tert-OH is 1. The van der Waals surface area contributed by atoms with Crippen LogP contribution in [0.25, 0.3) is 0 Å². The zero-order chi connectivity index (χ0) is 15.5. The van der Waals surface area contributed by atoms with E-state index in [-0.39, 0.29) is 13.2 Å². The van der Waals surface area contributed by atoms with Crippen molar-refractivity contribution in [2.45, 2.75) is 32.9 Å². The molecule has 2 N–H and O–H groups in total. The van der Waals surface area contributed by atoms with Gasteiger partial charge in [0.25, 0.3) is 0 Å². The first-order valence-corrected chi connectivity index (χ1v) is 7.48. The van der Waals surface area contributed by atoms with Gasteiger partial charge in [-0.1, -0.05) is 19.1 Å². The first-order valence-electron chi connectivity index (χ1n) is 7.48. The van der Waals surface area contributed by atoms with E-state index in [4.69, 9.17) is 14.2 Å². The van der Waals surface area contributed by atoms with Gasteiger partial charge in [0, 0.05) is 18.7 Å². The molecule has 0 radical (unpaired) electrons. The van der Waals surface area contributed by atoms with Crippen LogP contribution < -0.4 is 14.8 Å². The number of para-hydroxylation sites is 1. The van der Waals surface area contributed by atoms with Gasteiger partial charge >= 0.3 is 0 Å². The molecule has 5 nitrogen and oxygen atoms in total. The van der Waals surface area contributed by atoms with E-state index in [9.17, 15) is 5.11 Å². The summed E-state index contributed by atoms with van der Waals surface area (Å²) < 4.78 is 16.3. The highest BCUT2D eigenvalue weighted by molar-refractivity contribution is 5.46. The van der Waals surface area contributed by atoms with Crippen LogP contribution >= 0.6 is 0 Å². The average molecular weight is 297 g/mol. The largest absolute Gasteiger partial charge is 0.493 e. The highest BCUT2D eigenvalue weighted by Crippen LogP contribution is 2.31. The molecule has 1 rings (SSSR count). The summed E-state index contributed by atoms with van der Waals surface area (Å²) in [4.78, 5) is 0. The molecule has 0 aliphatic heterocycles. The molecule has 0 aliphatic rings. The van der Waals surface area contributed by atoms with Crippen LogP contribution in [-0.4, -0.2) is 44.7 Å². The highest BCUT2D eigenvalue weighted by Gasteiger charge is 2.13. The van der Waals surface area contributed by atoms with E-state index in [0.29, 0.717) is 24.7 Å². The summed E-state index contributed by atoms with van der Waals surface area (Å²) in [5.74, 6) is 1.36. The van der Waals surface area contributed by atoms with Crippen molar-refractivity contribution in [2.75, 3.05) is 33.5 Å². The van der Waals surface area contributed by atoms with Gasteiger partial charge in [0.15, 0.2) is 11.5 Å². The summed E-state index contributed by atoms with van der Waals surface area (Å²) in [5, 5.41) is 13.1. The Morgan fingerprint density at radius 1 is 1.24 bits per heavy atom. The maximum absolute atomic E-state index is 9.80. The number of methoxy groups -OCH3 is 1. The van der Waals surface area contributed by atoms with Crippen LogP contribution in [0.1, 0.15) is 25.8 Å². The Hall–Kier alpha value is -1.30. The van der Waals surface area contributed by atoms with Gasteiger partial charge in [-0.2, -0.15) is 0 Å². The summed E-state index contributed by atoms with van der Waals surface area (Å²) in [6.45, 7) is 6.71. The minimum Gasteiger partial charge on any atom is -0.493 e. The van der Waals surface area contributed by atoms with Crippen molar-refractivity contribution in [1.29, 1.82) is 0 Å². The van der Waals surface area contributed by atoms with Crippen LogP contribution in [-0.2, 0) is 11.3 Å². The van der Waals surface area contributed by atoms with Crippen LogP contribution in [0.4, 0.5) is 0 Å². The molecule has 1 atom stereocenters. The molecule has 0 saturated carbocycles. The molecule has 1 unspecified atom stereocenters. The summed E-state index contributed by atoms with van der Waals surface area (Å²) in [6.07, 6.45) is 0.430.